The second kappa shape index (κ2) is 19.5. The summed E-state index contributed by atoms with van der Waals surface area (Å²) in [6, 6.07) is 10.1. The van der Waals surface area contributed by atoms with Gasteiger partial charge < -0.3 is 14.2 Å². The fraction of sp³-hybridized carbons (Fsp3) is 0.533. The van der Waals surface area contributed by atoms with Crippen LogP contribution in [0, 0.1) is 0 Å². The van der Waals surface area contributed by atoms with Crippen LogP contribution < -0.4 is 0 Å². The molecule has 3 heteroatoms. The van der Waals surface area contributed by atoms with E-state index in [0.717, 1.165) is 50.7 Å². The second-order valence-electron chi connectivity index (χ2n) is 8.49. The van der Waals surface area contributed by atoms with Crippen molar-refractivity contribution in [3.8, 4) is 0 Å². The van der Waals surface area contributed by atoms with Crippen LogP contribution in [0.4, 0.5) is 0 Å². The minimum atomic E-state index is -0.261. The largest absolute Gasteiger partial charge is 0.373 e. The molecule has 0 aliphatic carbocycles. The van der Waals surface area contributed by atoms with Gasteiger partial charge in [0.05, 0.1) is 13.2 Å². The van der Waals surface area contributed by atoms with Gasteiger partial charge in [0, 0.05) is 12.2 Å². The van der Waals surface area contributed by atoms with Gasteiger partial charge in [-0.2, -0.15) is 0 Å². The third-order valence-corrected chi connectivity index (χ3v) is 5.51. The van der Waals surface area contributed by atoms with Crippen molar-refractivity contribution < 1.29 is 14.2 Å². The van der Waals surface area contributed by atoms with Crippen LogP contribution in [0.5, 0.6) is 0 Å². The van der Waals surface area contributed by atoms with Crippen molar-refractivity contribution in [3.05, 3.63) is 84.5 Å². The van der Waals surface area contributed by atoms with Crippen LogP contribution in [0.3, 0.4) is 0 Å². The van der Waals surface area contributed by atoms with E-state index in [-0.39, 0.29) is 12.4 Å². The van der Waals surface area contributed by atoms with Crippen molar-refractivity contribution in [2.24, 2.45) is 0 Å². The topological polar surface area (TPSA) is 27.7 Å². The van der Waals surface area contributed by atoms with Crippen molar-refractivity contribution >= 4 is 0 Å². The van der Waals surface area contributed by atoms with Crippen LogP contribution in [0.25, 0.3) is 0 Å². The van der Waals surface area contributed by atoms with Gasteiger partial charge in [-0.15, -0.1) is 0 Å². The molecule has 1 saturated heterocycles. The molecular formula is C30H44O3. The monoisotopic (exact) mass is 452 g/mol. The summed E-state index contributed by atoms with van der Waals surface area (Å²) in [5, 5.41) is 0. The SMILES string of the molecule is CCCCCC=CCC=CCC=CCC=CCCCCOC1COC(c2ccccc2)OC1. The van der Waals surface area contributed by atoms with Crippen LogP contribution in [0.1, 0.15) is 83.0 Å². The zero-order chi connectivity index (χ0) is 23.2. The fourth-order valence-corrected chi connectivity index (χ4v) is 3.56. The van der Waals surface area contributed by atoms with Gasteiger partial charge in [-0.05, 0) is 51.4 Å². The van der Waals surface area contributed by atoms with Gasteiger partial charge in [0.2, 0.25) is 0 Å². The van der Waals surface area contributed by atoms with Gasteiger partial charge in [-0.25, -0.2) is 0 Å². The molecular weight excluding hydrogens is 408 g/mol. The molecule has 0 unspecified atom stereocenters. The van der Waals surface area contributed by atoms with Gasteiger partial charge in [-0.1, -0.05) is 98.7 Å². The Morgan fingerprint density at radius 1 is 0.727 bits per heavy atom. The van der Waals surface area contributed by atoms with Crippen LogP contribution in [0.15, 0.2) is 78.9 Å². The third kappa shape index (κ3) is 14.0. The Balaban J connectivity index is 1.37. The van der Waals surface area contributed by atoms with Gasteiger partial charge in [0.25, 0.3) is 0 Å². The molecule has 1 aromatic carbocycles. The van der Waals surface area contributed by atoms with Crippen LogP contribution in [-0.2, 0) is 14.2 Å². The minimum Gasteiger partial charge on any atom is -0.373 e. The fourth-order valence-electron chi connectivity index (χ4n) is 3.56. The normalized spacial score (nSPS) is 19.5. The van der Waals surface area contributed by atoms with Gasteiger partial charge in [0.15, 0.2) is 6.29 Å². The lowest BCUT2D eigenvalue weighted by atomic mass is 10.2. The number of allylic oxidation sites excluding steroid dienone is 8. The summed E-state index contributed by atoms with van der Waals surface area (Å²) < 4.78 is 17.5. The lowest BCUT2D eigenvalue weighted by Gasteiger charge is -2.29. The summed E-state index contributed by atoms with van der Waals surface area (Å²) in [5.41, 5.74) is 1.06. The zero-order valence-corrected chi connectivity index (χ0v) is 20.6. The molecule has 0 saturated carbocycles. The highest BCUT2D eigenvalue weighted by Gasteiger charge is 2.23. The van der Waals surface area contributed by atoms with Crippen LogP contribution >= 0.6 is 0 Å². The average molecular weight is 453 g/mol. The highest BCUT2D eigenvalue weighted by Crippen LogP contribution is 2.23. The van der Waals surface area contributed by atoms with Crippen LogP contribution in [0.2, 0.25) is 0 Å². The maximum Gasteiger partial charge on any atom is 0.184 e. The Kier molecular flexibility index (Phi) is 16.2. The second-order valence-corrected chi connectivity index (χ2v) is 8.49. The molecule has 1 fully saturated rings. The average Bonchev–Trinajstić information content (AvgIpc) is 2.86. The Labute approximate surface area is 202 Å². The summed E-state index contributed by atoms with van der Waals surface area (Å²) >= 11 is 0. The van der Waals surface area contributed by atoms with Crippen molar-refractivity contribution in [1.82, 2.24) is 0 Å². The predicted molar refractivity (Wildman–Crippen MR) is 139 cm³/mol. The summed E-state index contributed by atoms with van der Waals surface area (Å²) in [5.74, 6) is 0. The Morgan fingerprint density at radius 2 is 1.27 bits per heavy atom. The van der Waals surface area contributed by atoms with E-state index in [2.05, 4.69) is 55.5 Å². The highest BCUT2D eigenvalue weighted by atomic mass is 16.7. The van der Waals surface area contributed by atoms with E-state index in [4.69, 9.17) is 14.2 Å². The van der Waals surface area contributed by atoms with Gasteiger partial charge in [-0.3, -0.25) is 0 Å². The molecule has 2 rings (SSSR count). The van der Waals surface area contributed by atoms with E-state index >= 15 is 0 Å². The standard InChI is InChI=1S/C30H44O3/c1-2-3-4-5-6-7-8-9-10-11-12-13-14-15-16-17-18-22-25-31-29-26-32-30(33-27-29)28-23-20-19-21-24-28/h6-7,9-10,12-13,15-16,19-21,23-24,29-30H,2-5,8,11,14,17-18,22,25-27H2,1H3. The summed E-state index contributed by atoms with van der Waals surface area (Å²) in [4.78, 5) is 0. The van der Waals surface area contributed by atoms with Gasteiger partial charge in [0.1, 0.15) is 6.10 Å². The smallest absolute Gasteiger partial charge is 0.184 e. The van der Waals surface area contributed by atoms with Crippen LogP contribution in [-0.4, -0.2) is 25.9 Å². The summed E-state index contributed by atoms with van der Waals surface area (Å²) in [6.45, 7) is 4.20. The first-order valence-electron chi connectivity index (χ1n) is 12.9. The lowest BCUT2D eigenvalue weighted by Crippen LogP contribution is -2.33. The van der Waals surface area contributed by atoms with E-state index in [9.17, 15) is 0 Å². The summed E-state index contributed by atoms with van der Waals surface area (Å²) in [7, 11) is 0. The first kappa shape index (κ1) is 27.3. The molecule has 1 aliphatic rings. The van der Waals surface area contributed by atoms with E-state index in [1.165, 1.54) is 25.7 Å². The molecule has 0 N–H and O–H groups in total. The minimum absolute atomic E-state index is 0.0431. The molecule has 0 amide bonds. The third-order valence-electron chi connectivity index (χ3n) is 5.51. The molecule has 0 spiro atoms. The van der Waals surface area contributed by atoms with E-state index < -0.39 is 0 Å². The number of unbranched alkanes of at least 4 members (excludes halogenated alkanes) is 5. The lowest BCUT2D eigenvalue weighted by molar-refractivity contribution is -0.230. The maximum absolute atomic E-state index is 5.90. The summed E-state index contributed by atoms with van der Waals surface area (Å²) in [6.07, 6.45) is 29.5. The molecule has 1 heterocycles. The molecule has 1 aromatic rings. The maximum atomic E-state index is 5.90. The Morgan fingerprint density at radius 3 is 1.85 bits per heavy atom. The van der Waals surface area contributed by atoms with Crippen molar-refractivity contribution in [3.63, 3.8) is 0 Å². The number of hydrogen-bond donors (Lipinski definition) is 0. The first-order valence-corrected chi connectivity index (χ1v) is 12.9. The molecule has 0 radical (unpaired) electrons. The molecule has 3 nitrogen and oxygen atoms in total. The number of hydrogen-bond acceptors (Lipinski definition) is 3. The quantitative estimate of drug-likeness (QED) is 0.176. The number of benzene rings is 1. The van der Waals surface area contributed by atoms with Gasteiger partial charge >= 0.3 is 0 Å². The zero-order valence-electron chi connectivity index (χ0n) is 20.6. The molecule has 0 atom stereocenters. The van der Waals surface area contributed by atoms with Crippen molar-refractivity contribution in [2.45, 2.75) is 83.5 Å². The van der Waals surface area contributed by atoms with Crippen molar-refractivity contribution in [1.29, 1.82) is 0 Å². The van der Waals surface area contributed by atoms with E-state index in [1.807, 2.05) is 30.3 Å². The Bertz CT molecular complexity index is 682. The Hall–Kier alpha value is -1.94. The highest BCUT2D eigenvalue weighted by molar-refractivity contribution is 5.16. The van der Waals surface area contributed by atoms with E-state index in [1.54, 1.807) is 0 Å². The molecule has 0 aromatic heterocycles. The van der Waals surface area contributed by atoms with Crippen molar-refractivity contribution in [2.75, 3.05) is 19.8 Å². The predicted octanol–water partition coefficient (Wildman–Crippen LogP) is 8.26. The number of rotatable bonds is 17. The first-order chi connectivity index (χ1) is 16.4. The molecule has 0 bridgehead atoms. The molecule has 182 valence electrons. The molecule has 1 aliphatic heterocycles. The molecule has 33 heavy (non-hydrogen) atoms. The number of ether oxygens (including phenoxy) is 3. The van der Waals surface area contributed by atoms with E-state index in [0.29, 0.717) is 13.2 Å².